The third kappa shape index (κ3) is 4.75. The Morgan fingerprint density at radius 1 is 1.47 bits per heavy atom. The summed E-state index contributed by atoms with van der Waals surface area (Å²) >= 11 is 2.06. The second kappa shape index (κ2) is 6.12. The molecule has 0 aromatic rings. The molecule has 0 bridgehead atoms. The second-order valence-corrected chi connectivity index (χ2v) is 6.53. The van der Waals surface area contributed by atoms with Crippen LogP contribution in [-0.4, -0.2) is 47.6 Å². The summed E-state index contributed by atoms with van der Waals surface area (Å²) < 4.78 is 0. The highest BCUT2D eigenvalue weighted by Crippen LogP contribution is 2.15. The highest BCUT2D eigenvalue weighted by Gasteiger charge is 2.29. The van der Waals surface area contributed by atoms with Gasteiger partial charge in [-0.25, -0.2) is 0 Å². The predicted molar refractivity (Wildman–Crippen MR) is 70.7 cm³/mol. The summed E-state index contributed by atoms with van der Waals surface area (Å²) in [6, 6.07) is 0.699. The van der Waals surface area contributed by atoms with E-state index in [1.54, 1.807) is 0 Å². The zero-order chi connectivity index (χ0) is 11.3. The third-order valence-corrected chi connectivity index (χ3v) is 4.02. The predicted octanol–water partition coefficient (Wildman–Crippen LogP) is 2.20. The molecule has 1 atom stereocenters. The van der Waals surface area contributed by atoms with Crippen molar-refractivity contribution in [3.8, 4) is 0 Å². The van der Waals surface area contributed by atoms with Crippen molar-refractivity contribution in [2.45, 2.75) is 45.7 Å². The summed E-state index contributed by atoms with van der Waals surface area (Å²) in [4.78, 5) is 2.63. The molecule has 1 N–H and O–H groups in total. The SMILES string of the molecule is CCSCCCN1CC(C)(C)NCC1C. The van der Waals surface area contributed by atoms with Crippen molar-refractivity contribution in [2.24, 2.45) is 0 Å². The number of hydrogen-bond acceptors (Lipinski definition) is 3. The van der Waals surface area contributed by atoms with Crippen LogP contribution in [0.2, 0.25) is 0 Å². The Kier molecular flexibility index (Phi) is 5.44. The lowest BCUT2D eigenvalue weighted by atomic mass is 9.99. The number of hydrogen-bond donors (Lipinski definition) is 1. The molecule has 2 nitrogen and oxygen atoms in total. The van der Waals surface area contributed by atoms with E-state index in [1.807, 2.05) is 0 Å². The lowest BCUT2D eigenvalue weighted by Gasteiger charge is -2.43. The van der Waals surface area contributed by atoms with Crippen molar-refractivity contribution in [1.82, 2.24) is 10.2 Å². The van der Waals surface area contributed by atoms with E-state index in [2.05, 4.69) is 49.7 Å². The average Bonchev–Trinajstić information content (AvgIpc) is 2.18. The summed E-state index contributed by atoms with van der Waals surface area (Å²) in [5.74, 6) is 2.57. The van der Waals surface area contributed by atoms with Crippen molar-refractivity contribution in [3.63, 3.8) is 0 Å². The molecule has 1 unspecified atom stereocenters. The standard InChI is InChI=1S/C12H26N2S/c1-5-15-8-6-7-14-10-12(3,4)13-9-11(14)2/h11,13H,5-10H2,1-4H3. The van der Waals surface area contributed by atoms with Gasteiger partial charge in [0, 0.05) is 24.7 Å². The molecular weight excluding hydrogens is 204 g/mol. The van der Waals surface area contributed by atoms with E-state index in [1.165, 1.54) is 31.0 Å². The first kappa shape index (κ1) is 13.3. The molecule has 0 aliphatic carbocycles. The van der Waals surface area contributed by atoms with Crippen molar-refractivity contribution < 1.29 is 0 Å². The Hall–Kier alpha value is 0.270. The Balaban J connectivity index is 2.25. The molecule has 0 saturated carbocycles. The summed E-state index contributed by atoms with van der Waals surface area (Å²) in [5, 5.41) is 3.59. The zero-order valence-electron chi connectivity index (χ0n) is 10.7. The topological polar surface area (TPSA) is 15.3 Å². The number of nitrogens with zero attached hydrogens (tertiary/aromatic N) is 1. The Morgan fingerprint density at radius 2 is 2.20 bits per heavy atom. The molecule has 1 fully saturated rings. The van der Waals surface area contributed by atoms with Gasteiger partial charge in [-0.3, -0.25) is 4.90 Å². The first-order valence-electron chi connectivity index (χ1n) is 6.12. The van der Waals surface area contributed by atoms with Crippen LogP contribution in [0.1, 0.15) is 34.1 Å². The largest absolute Gasteiger partial charge is 0.309 e. The van der Waals surface area contributed by atoms with Crippen molar-refractivity contribution in [3.05, 3.63) is 0 Å². The summed E-state index contributed by atoms with van der Waals surface area (Å²) in [6.45, 7) is 12.7. The molecule has 0 amide bonds. The van der Waals surface area contributed by atoms with Gasteiger partial charge in [0.05, 0.1) is 0 Å². The summed E-state index contributed by atoms with van der Waals surface area (Å²) in [7, 11) is 0. The number of thioether (sulfide) groups is 1. The van der Waals surface area contributed by atoms with Gasteiger partial charge in [0.1, 0.15) is 0 Å². The zero-order valence-corrected chi connectivity index (χ0v) is 11.5. The number of rotatable bonds is 5. The molecular formula is C12H26N2S. The fourth-order valence-electron chi connectivity index (χ4n) is 2.09. The summed E-state index contributed by atoms with van der Waals surface area (Å²) in [5.41, 5.74) is 0.296. The molecule has 1 saturated heterocycles. The van der Waals surface area contributed by atoms with Crippen LogP contribution in [0.4, 0.5) is 0 Å². The quantitative estimate of drug-likeness (QED) is 0.729. The minimum absolute atomic E-state index is 0.296. The van der Waals surface area contributed by atoms with Crippen LogP contribution in [0.25, 0.3) is 0 Å². The van der Waals surface area contributed by atoms with Crippen LogP contribution in [0, 0.1) is 0 Å². The van der Waals surface area contributed by atoms with Gasteiger partial charge < -0.3 is 5.32 Å². The second-order valence-electron chi connectivity index (χ2n) is 5.13. The minimum atomic E-state index is 0.296. The van der Waals surface area contributed by atoms with Gasteiger partial charge >= 0.3 is 0 Å². The van der Waals surface area contributed by atoms with E-state index in [4.69, 9.17) is 0 Å². The van der Waals surface area contributed by atoms with E-state index >= 15 is 0 Å². The van der Waals surface area contributed by atoms with Crippen molar-refractivity contribution in [2.75, 3.05) is 31.1 Å². The Labute approximate surface area is 99.2 Å². The number of piperazine rings is 1. The van der Waals surface area contributed by atoms with E-state index in [9.17, 15) is 0 Å². The maximum Gasteiger partial charge on any atom is 0.0252 e. The first-order chi connectivity index (χ1) is 7.05. The van der Waals surface area contributed by atoms with E-state index in [-0.39, 0.29) is 0 Å². The Morgan fingerprint density at radius 3 is 2.87 bits per heavy atom. The van der Waals surface area contributed by atoms with Gasteiger partial charge in [0.2, 0.25) is 0 Å². The molecule has 1 rings (SSSR count). The third-order valence-electron chi connectivity index (χ3n) is 3.04. The van der Waals surface area contributed by atoms with Gasteiger partial charge in [-0.15, -0.1) is 0 Å². The van der Waals surface area contributed by atoms with Crippen LogP contribution in [0.3, 0.4) is 0 Å². The molecule has 15 heavy (non-hydrogen) atoms. The van der Waals surface area contributed by atoms with Crippen LogP contribution in [0.15, 0.2) is 0 Å². The van der Waals surface area contributed by atoms with Gasteiger partial charge in [-0.2, -0.15) is 11.8 Å². The smallest absolute Gasteiger partial charge is 0.0252 e. The van der Waals surface area contributed by atoms with Gasteiger partial charge in [0.15, 0.2) is 0 Å². The van der Waals surface area contributed by atoms with Crippen LogP contribution >= 0.6 is 11.8 Å². The van der Waals surface area contributed by atoms with Crippen molar-refractivity contribution >= 4 is 11.8 Å². The molecule has 1 aliphatic rings. The molecule has 90 valence electrons. The van der Waals surface area contributed by atoms with E-state index < -0.39 is 0 Å². The minimum Gasteiger partial charge on any atom is -0.309 e. The monoisotopic (exact) mass is 230 g/mol. The molecule has 0 aromatic carbocycles. The van der Waals surface area contributed by atoms with Crippen LogP contribution in [0.5, 0.6) is 0 Å². The van der Waals surface area contributed by atoms with E-state index in [0.29, 0.717) is 11.6 Å². The van der Waals surface area contributed by atoms with Gasteiger partial charge in [0.25, 0.3) is 0 Å². The maximum absolute atomic E-state index is 3.59. The van der Waals surface area contributed by atoms with Crippen LogP contribution < -0.4 is 5.32 Å². The molecule has 1 heterocycles. The molecule has 3 heteroatoms. The summed E-state index contributed by atoms with van der Waals surface area (Å²) in [6.07, 6.45) is 1.33. The lowest BCUT2D eigenvalue weighted by Crippen LogP contribution is -2.60. The van der Waals surface area contributed by atoms with Gasteiger partial charge in [-0.05, 0) is 45.2 Å². The highest BCUT2D eigenvalue weighted by molar-refractivity contribution is 7.99. The average molecular weight is 230 g/mol. The normalized spacial score (nSPS) is 26.8. The Bertz CT molecular complexity index is 182. The molecule has 0 radical (unpaired) electrons. The fourth-order valence-corrected chi connectivity index (χ4v) is 2.71. The van der Waals surface area contributed by atoms with Gasteiger partial charge in [-0.1, -0.05) is 6.92 Å². The maximum atomic E-state index is 3.59. The molecule has 1 aliphatic heterocycles. The lowest BCUT2D eigenvalue weighted by molar-refractivity contribution is 0.105. The van der Waals surface area contributed by atoms with Crippen LogP contribution in [-0.2, 0) is 0 Å². The number of nitrogens with one attached hydrogen (secondary N) is 1. The van der Waals surface area contributed by atoms with E-state index in [0.717, 1.165) is 6.54 Å². The highest BCUT2D eigenvalue weighted by atomic mass is 32.2. The first-order valence-corrected chi connectivity index (χ1v) is 7.27. The fraction of sp³-hybridized carbons (Fsp3) is 1.00. The molecule has 0 spiro atoms. The van der Waals surface area contributed by atoms with Crippen molar-refractivity contribution in [1.29, 1.82) is 0 Å². The molecule has 0 aromatic heterocycles.